The molecule has 0 atom stereocenters. The van der Waals surface area contributed by atoms with E-state index in [1.807, 2.05) is 17.0 Å². The fourth-order valence-corrected chi connectivity index (χ4v) is 3.28. The Morgan fingerprint density at radius 1 is 1.24 bits per heavy atom. The summed E-state index contributed by atoms with van der Waals surface area (Å²) in [6.07, 6.45) is 1.38. The lowest BCUT2D eigenvalue weighted by molar-refractivity contribution is -0.141. The van der Waals surface area contributed by atoms with E-state index in [2.05, 4.69) is 16.6 Å². The molecule has 1 aliphatic heterocycles. The van der Waals surface area contributed by atoms with Gasteiger partial charge < -0.3 is 9.64 Å². The van der Waals surface area contributed by atoms with E-state index >= 15 is 0 Å². The topological polar surface area (TPSA) is 49.9 Å². The van der Waals surface area contributed by atoms with Crippen molar-refractivity contribution in [1.29, 1.82) is 0 Å². The number of thiophene rings is 1. The average Bonchev–Trinajstić information content (AvgIpc) is 3.01. The molecular formula is C15H22N2O3S. The molecule has 1 aromatic rings. The number of nitrogens with zero attached hydrogens (tertiary/aromatic N) is 2. The molecule has 2 heterocycles. The van der Waals surface area contributed by atoms with Crippen molar-refractivity contribution in [3.05, 3.63) is 21.9 Å². The van der Waals surface area contributed by atoms with Gasteiger partial charge in [-0.2, -0.15) is 0 Å². The monoisotopic (exact) mass is 310 g/mol. The zero-order valence-corrected chi connectivity index (χ0v) is 13.4. The molecule has 1 aliphatic rings. The van der Waals surface area contributed by atoms with Gasteiger partial charge in [0, 0.05) is 37.6 Å². The number of hydrogen-bond donors (Lipinski definition) is 0. The molecule has 0 aliphatic carbocycles. The van der Waals surface area contributed by atoms with E-state index in [9.17, 15) is 9.59 Å². The van der Waals surface area contributed by atoms with E-state index in [1.54, 1.807) is 11.3 Å². The quantitative estimate of drug-likeness (QED) is 0.776. The van der Waals surface area contributed by atoms with Crippen molar-refractivity contribution >= 4 is 23.2 Å². The molecule has 1 fully saturated rings. The summed E-state index contributed by atoms with van der Waals surface area (Å²) in [5.41, 5.74) is 0. The Kier molecular flexibility index (Phi) is 5.76. The molecule has 0 saturated carbocycles. The Bertz CT molecular complexity index is 493. The standard InChI is InChI=1S/C15H22N2O3S/c1-3-12-4-5-13(21-12)15(19)17-10-8-16(9-11-17)7-6-14(18)20-2/h4-5H,3,6-11H2,1-2H3. The molecule has 0 spiro atoms. The van der Waals surface area contributed by atoms with Crippen LogP contribution in [0.3, 0.4) is 0 Å². The molecular weight excluding hydrogens is 288 g/mol. The Morgan fingerprint density at radius 2 is 1.95 bits per heavy atom. The summed E-state index contributed by atoms with van der Waals surface area (Å²) in [7, 11) is 1.41. The first-order chi connectivity index (χ1) is 10.1. The van der Waals surface area contributed by atoms with Crippen molar-refractivity contribution in [2.24, 2.45) is 0 Å². The van der Waals surface area contributed by atoms with Gasteiger partial charge in [0.2, 0.25) is 0 Å². The van der Waals surface area contributed by atoms with Crippen LogP contribution in [-0.2, 0) is 16.0 Å². The maximum Gasteiger partial charge on any atom is 0.306 e. The fraction of sp³-hybridized carbons (Fsp3) is 0.600. The lowest BCUT2D eigenvalue weighted by atomic mass is 10.2. The molecule has 0 aromatic carbocycles. The highest BCUT2D eigenvalue weighted by atomic mass is 32.1. The molecule has 5 nitrogen and oxygen atoms in total. The van der Waals surface area contributed by atoms with Crippen molar-refractivity contribution < 1.29 is 14.3 Å². The molecule has 21 heavy (non-hydrogen) atoms. The summed E-state index contributed by atoms with van der Waals surface area (Å²) < 4.78 is 4.64. The van der Waals surface area contributed by atoms with Gasteiger partial charge in [-0.25, -0.2) is 0 Å². The molecule has 116 valence electrons. The second kappa shape index (κ2) is 7.56. The van der Waals surface area contributed by atoms with Crippen LogP contribution in [-0.4, -0.2) is 61.5 Å². The van der Waals surface area contributed by atoms with E-state index in [1.165, 1.54) is 12.0 Å². The summed E-state index contributed by atoms with van der Waals surface area (Å²) >= 11 is 1.59. The van der Waals surface area contributed by atoms with Gasteiger partial charge >= 0.3 is 5.97 Å². The summed E-state index contributed by atoms with van der Waals surface area (Å²) in [6.45, 7) is 5.87. The SMILES string of the molecule is CCc1ccc(C(=O)N2CCN(CCC(=O)OC)CC2)s1. The molecule has 6 heteroatoms. The van der Waals surface area contributed by atoms with Crippen molar-refractivity contribution in [1.82, 2.24) is 9.80 Å². The normalized spacial score (nSPS) is 16.0. The highest BCUT2D eigenvalue weighted by molar-refractivity contribution is 7.14. The summed E-state index contributed by atoms with van der Waals surface area (Å²) in [5, 5.41) is 0. The summed E-state index contributed by atoms with van der Waals surface area (Å²) in [6, 6.07) is 3.96. The number of aryl methyl sites for hydroxylation is 1. The number of amides is 1. The third-order valence-electron chi connectivity index (χ3n) is 3.74. The van der Waals surface area contributed by atoms with Crippen LogP contribution >= 0.6 is 11.3 Å². The molecule has 1 saturated heterocycles. The highest BCUT2D eigenvalue weighted by Crippen LogP contribution is 2.19. The predicted octanol–water partition coefficient (Wildman–Crippen LogP) is 1.63. The van der Waals surface area contributed by atoms with Gasteiger partial charge in [-0.3, -0.25) is 14.5 Å². The van der Waals surface area contributed by atoms with Gasteiger partial charge in [0.25, 0.3) is 5.91 Å². The minimum atomic E-state index is -0.181. The van der Waals surface area contributed by atoms with E-state index in [0.29, 0.717) is 13.0 Å². The number of carbonyl (C=O) groups is 2. The third-order valence-corrected chi connectivity index (χ3v) is 4.96. The average molecular weight is 310 g/mol. The van der Waals surface area contributed by atoms with Crippen LogP contribution in [0.2, 0.25) is 0 Å². The molecule has 0 unspecified atom stereocenters. The zero-order chi connectivity index (χ0) is 15.2. The van der Waals surface area contributed by atoms with E-state index in [-0.39, 0.29) is 11.9 Å². The van der Waals surface area contributed by atoms with Gasteiger partial charge in [-0.1, -0.05) is 6.92 Å². The first-order valence-corrected chi connectivity index (χ1v) is 8.13. The first-order valence-electron chi connectivity index (χ1n) is 7.31. The molecule has 1 aromatic heterocycles. The zero-order valence-electron chi connectivity index (χ0n) is 12.6. The second-order valence-corrected chi connectivity index (χ2v) is 6.25. The van der Waals surface area contributed by atoms with Crippen LogP contribution in [0.15, 0.2) is 12.1 Å². The molecule has 0 bridgehead atoms. The Hall–Kier alpha value is -1.40. The summed E-state index contributed by atoms with van der Waals surface area (Å²) in [4.78, 5) is 29.7. The van der Waals surface area contributed by atoms with Crippen LogP contribution in [0.1, 0.15) is 27.9 Å². The Labute approximate surface area is 129 Å². The van der Waals surface area contributed by atoms with Crippen LogP contribution in [0.25, 0.3) is 0 Å². The van der Waals surface area contributed by atoms with Crippen molar-refractivity contribution in [2.45, 2.75) is 19.8 Å². The van der Waals surface area contributed by atoms with Crippen LogP contribution in [0.5, 0.6) is 0 Å². The number of hydrogen-bond acceptors (Lipinski definition) is 5. The van der Waals surface area contributed by atoms with Gasteiger partial charge in [0.1, 0.15) is 0 Å². The molecule has 0 radical (unpaired) electrons. The van der Waals surface area contributed by atoms with E-state index < -0.39 is 0 Å². The van der Waals surface area contributed by atoms with Gasteiger partial charge in [-0.05, 0) is 18.6 Å². The predicted molar refractivity (Wildman–Crippen MR) is 82.7 cm³/mol. The number of esters is 1. The van der Waals surface area contributed by atoms with E-state index in [4.69, 9.17) is 0 Å². The Balaban J connectivity index is 1.80. The lowest BCUT2D eigenvalue weighted by Crippen LogP contribution is -2.48. The second-order valence-electron chi connectivity index (χ2n) is 5.08. The lowest BCUT2D eigenvalue weighted by Gasteiger charge is -2.34. The van der Waals surface area contributed by atoms with Gasteiger partial charge in [-0.15, -0.1) is 11.3 Å². The number of rotatable bonds is 5. The molecule has 1 amide bonds. The van der Waals surface area contributed by atoms with Crippen LogP contribution < -0.4 is 0 Å². The maximum absolute atomic E-state index is 12.4. The smallest absolute Gasteiger partial charge is 0.306 e. The van der Waals surface area contributed by atoms with Gasteiger partial charge in [0.05, 0.1) is 18.4 Å². The van der Waals surface area contributed by atoms with Crippen molar-refractivity contribution in [2.75, 3.05) is 39.8 Å². The van der Waals surface area contributed by atoms with Crippen molar-refractivity contribution in [3.8, 4) is 0 Å². The van der Waals surface area contributed by atoms with Crippen molar-refractivity contribution in [3.63, 3.8) is 0 Å². The third kappa shape index (κ3) is 4.28. The van der Waals surface area contributed by atoms with Crippen LogP contribution in [0.4, 0.5) is 0 Å². The van der Waals surface area contributed by atoms with Gasteiger partial charge in [0.15, 0.2) is 0 Å². The summed E-state index contributed by atoms with van der Waals surface area (Å²) in [5.74, 6) is -0.0495. The largest absolute Gasteiger partial charge is 0.469 e. The fourth-order valence-electron chi connectivity index (χ4n) is 2.36. The molecule has 0 N–H and O–H groups in total. The highest BCUT2D eigenvalue weighted by Gasteiger charge is 2.23. The minimum Gasteiger partial charge on any atom is -0.469 e. The number of carbonyl (C=O) groups excluding carboxylic acids is 2. The van der Waals surface area contributed by atoms with Crippen LogP contribution in [0, 0.1) is 0 Å². The maximum atomic E-state index is 12.4. The minimum absolute atomic E-state index is 0.132. The first kappa shape index (κ1) is 16.0. The Morgan fingerprint density at radius 3 is 2.52 bits per heavy atom. The molecule has 2 rings (SSSR count). The number of piperazine rings is 1. The number of methoxy groups -OCH3 is 1. The number of ether oxygens (including phenoxy) is 1. The van der Waals surface area contributed by atoms with E-state index in [0.717, 1.165) is 37.5 Å².